The van der Waals surface area contributed by atoms with E-state index in [0.29, 0.717) is 32.3 Å². The minimum absolute atomic E-state index is 0.277. The first-order valence-electron chi connectivity index (χ1n) is 13.2. The van der Waals surface area contributed by atoms with Crippen LogP contribution in [-0.4, -0.2) is 73.5 Å². The Morgan fingerprint density at radius 3 is 2.24 bits per heavy atom. The third-order valence-electron chi connectivity index (χ3n) is 6.92. The summed E-state index contributed by atoms with van der Waals surface area (Å²) in [4.78, 5) is 28.2. The number of primary amides is 1. The van der Waals surface area contributed by atoms with E-state index in [1.54, 1.807) is 12.1 Å². The standard InChI is InChI=1S/C16H22ClNO.C12H14FN3O2/c17-15-12-13(4-3-11-18-9-1-2-10-18)5-8-16(15)19-14-6-7-14;13-9-1-3-10(4-2-9)15-5-7-16(8-6-15)12(18)11(14)17/h5,8,12,14H,1-4,6-7,9-11H2;1-4H,5-8H2,(H2,14,17). The number of carbonyl (C=O) groups excluding carboxylic acids is 2. The second-order valence-corrected chi connectivity index (χ2v) is 10.3. The van der Waals surface area contributed by atoms with Crippen LogP contribution >= 0.6 is 11.6 Å². The summed E-state index contributed by atoms with van der Waals surface area (Å²) in [5, 5.41) is 0.769. The van der Waals surface area contributed by atoms with Gasteiger partial charge in [-0.1, -0.05) is 17.7 Å². The maximum absolute atomic E-state index is 12.8. The lowest BCUT2D eigenvalue weighted by Gasteiger charge is -2.35. The number of ether oxygens (including phenoxy) is 1. The largest absolute Gasteiger partial charge is 0.489 e. The highest BCUT2D eigenvalue weighted by Crippen LogP contribution is 2.32. The molecule has 1 aliphatic carbocycles. The van der Waals surface area contributed by atoms with Gasteiger partial charge in [-0.25, -0.2) is 4.39 Å². The van der Waals surface area contributed by atoms with Crippen molar-refractivity contribution >= 4 is 29.1 Å². The Labute approximate surface area is 223 Å². The summed E-state index contributed by atoms with van der Waals surface area (Å²) in [7, 11) is 0. The van der Waals surface area contributed by atoms with E-state index in [2.05, 4.69) is 17.0 Å². The molecule has 2 saturated heterocycles. The number of piperazine rings is 1. The van der Waals surface area contributed by atoms with Gasteiger partial charge in [-0.05, 0) is 100 Å². The molecule has 7 nitrogen and oxygen atoms in total. The molecule has 9 heteroatoms. The monoisotopic (exact) mass is 530 g/mol. The predicted octanol–water partition coefficient (Wildman–Crippen LogP) is 3.87. The molecule has 1 saturated carbocycles. The van der Waals surface area contributed by atoms with Crippen molar-refractivity contribution in [1.82, 2.24) is 9.80 Å². The van der Waals surface area contributed by atoms with E-state index in [4.69, 9.17) is 22.1 Å². The summed E-state index contributed by atoms with van der Waals surface area (Å²) in [5.41, 5.74) is 7.18. The lowest BCUT2D eigenvalue weighted by atomic mass is 10.1. The van der Waals surface area contributed by atoms with Crippen LogP contribution in [0.1, 0.15) is 37.7 Å². The van der Waals surface area contributed by atoms with Gasteiger partial charge in [0.05, 0.1) is 11.1 Å². The molecule has 0 aromatic heterocycles. The molecule has 2 aromatic rings. The number of hydrogen-bond donors (Lipinski definition) is 1. The smallest absolute Gasteiger partial charge is 0.311 e. The topological polar surface area (TPSA) is 79.1 Å². The number of rotatable bonds is 7. The molecule has 2 aromatic carbocycles. The third kappa shape index (κ3) is 8.33. The summed E-state index contributed by atoms with van der Waals surface area (Å²) >= 11 is 6.27. The summed E-state index contributed by atoms with van der Waals surface area (Å²) in [5.74, 6) is -0.993. The van der Waals surface area contributed by atoms with Crippen molar-refractivity contribution in [3.05, 3.63) is 58.9 Å². The van der Waals surface area contributed by atoms with Crippen LogP contribution in [0.4, 0.5) is 10.1 Å². The summed E-state index contributed by atoms with van der Waals surface area (Å²) in [6.45, 7) is 5.88. The van der Waals surface area contributed by atoms with Gasteiger partial charge in [-0.15, -0.1) is 0 Å². The Hall–Kier alpha value is -2.84. The first-order valence-corrected chi connectivity index (χ1v) is 13.5. The molecule has 0 spiro atoms. The Morgan fingerprint density at radius 2 is 1.65 bits per heavy atom. The van der Waals surface area contributed by atoms with Crippen LogP contribution in [-0.2, 0) is 16.0 Å². The van der Waals surface area contributed by atoms with E-state index < -0.39 is 11.8 Å². The lowest BCUT2D eigenvalue weighted by molar-refractivity contribution is -0.144. The van der Waals surface area contributed by atoms with Gasteiger partial charge < -0.3 is 25.2 Å². The third-order valence-corrected chi connectivity index (χ3v) is 7.22. The number of halogens is 2. The zero-order chi connectivity index (χ0) is 26.2. The average molecular weight is 531 g/mol. The van der Waals surface area contributed by atoms with Crippen LogP contribution in [0.25, 0.3) is 0 Å². The van der Waals surface area contributed by atoms with Crippen LogP contribution in [0.5, 0.6) is 5.75 Å². The summed E-state index contributed by atoms with van der Waals surface area (Å²) < 4.78 is 18.5. The molecule has 200 valence electrons. The molecule has 0 unspecified atom stereocenters. The van der Waals surface area contributed by atoms with E-state index in [0.717, 1.165) is 22.9 Å². The molecule has 2 amide bonds. The summed E-state index contributed by atoms with van der Waals surface area (Å²) in [6, 6.07) is 12.5. The molecule has 0 atom stereocenters. The predicted molar refractivity (Wildman–Crippen MR) is 143 cm³/mol. The Morgan fingerprint density at radius 1 is 0.973 bits per heavy atom. The maximum atomic E-state index is 12.8. The molecule has 0 bridgehead atoms. The minimum Gasteiger partial charge on any atom is -0.489 e. The molecule has 2 N–H and O–H groups in total. The van der Waals surface area contributed by atoms with Crippen LogP contribution in [0.3, 0.4) is 0 Å². The number of hydrogen-bond acceptors (Lipinski definition) is 5. The number of amides is 2. The lowest BCUT2D eigenvalue weighted by Crippen LogP contribution is -2.51. The zero-order valence-corrected chi connectivity index (χ0v) is 22.0. The SMILES string of the molecule is Clc1cc(CCCN2CCCC2)ccc1OC1CC1.NC(=O)C(=O)N1CCN(c2ccc(F)cc2)CC1. The van der Waals surface area contributed by atoms with Gasteiger partial charge in [0.1, 0.15) is 11.6 Å². The number of benzene rings is 2. The average Bonchev–Trinajstić information content (AvgIpc) is 3.57. The molecule has 3 fully saturated rings. The molecule has 3 aliphatic rings. The van der Waals surface area contributed by atoms with Crippen molar-refractivity contribution in [2.45, 2.75) is 44.6 Å². The van der Waals surface area contributed by atoms with Gasteiger partial charge in [-0.2, -0.15) is 0 Å². The normalized spacial score (nSPS) is 17.8. The molecule has 0 radical (unpaired) electrons. The van der Waals surface area contributed by atoms with Crippen LogP contribution in [0.15, 0.2) is 42.5 Å². The molecule has 5 rings (SSSR count). The van der Waals surface area contributed by atoms with Gasteiger partial charge in [0.25, 0.3) is 0 Å². The van der Waals surface area contributed by atoms with Crippen molar-refractivity contribution in [3.8, 4) is 5.75 Å². The molecular weight excluding hydrogens is 495 g/mol. The first-order chi connectivity index (χ1) is 17.9. The number of carbonyl (C=O) groups is 2. The van der Waals surface area contributed by atoms with Crippen molar-refractivity contribution in [1.29, 1.82) is 0 Å². The zero-order valence-electron chi connectivity index (χ0n) is 21.2. The first kappa shape index (κ1) is 27.2. The van der Waals surface area contributed by atoms with Gasteiger partial charge >= 0.3 is 11.8 Å². The molecule has 2 aliphatic heterocycles. The van der Waals surface area contributed by atoms with E-state index >= 15 is 0 Å². The van der Waals surface area contributed by atoms with Crippen molar-refractivity contribution in [2.75, 3.05) is 50.7 Å². The van der Waals surface area contributed by atoms with Crippen LogP contribution in [0.2, 0.25) is 5.02 Å². The maximum Gasteiger partial charge on any atom is 0.311 e. The highest BCUT2D eigenvalue weighted by atomic mass is 35.5. The number of likely N-dealkylation sites (tertiary alicyclic amines) is 1. The van der Waals surface area contributed by atoms with Crippen molar-refractivity contribution in [3.63, 3.8) is 0 Å². The fraction of sp³-hybridized carbons (Fsp3) is 0.500. The van der Waals surface area contributed by atoms with Gasteiger partial charge in [-0.3, -0.25) is 9.59 Å². The number of aryl methyl sites for hydroxylation is 1. The van der Waals surface area contributed by atoms with E-state index in [1.807, 2.05) is 11.0 Å². The minimum atomic E-state index is -0.926. The van der Waals surface area contributed by atoms with Crippen LogP contribution < -0.4 is 15.4 Å². The Kier molecular flexibility index (Phi) is 9.63. The Balaban J connectivity index is 0.000000173. The van der Waals surface area contributed by atoms with Crippen LogP contribution in [0, 0.1) is 5.82 Å². The van der Waals surface area contributed by atoms with Gasteiger partial charge in [0.2, 0.25) is 0 Å². The van der Waals surface area contributed by atoms with E-state index in [-0.39, 0.29) is 5.82 Å². The Bertz CT molecular complexity index is 1050. The molecular formula is C28H36ClFN4O3. The van der Waals surface area contributed by atoms with Crippen molar-refractivity contribution in [2.24, 2.45) is 5.73 Å². The quantitative estimate of drug-likeness (QED) is 0.550. The fourth-order valence-electron chi connectivity index (χ4n) is 4.65. The van der Waals surface area contributed by atoms with Gasteiger partial charge in [0, 0.05) is 31.9 Å². The van der Waals surface area contributed by atoms with Crippen molar-refractivity contribution < 1.29 is 18.7 Å². The molecule has 37 heavy (non-hydrogen) atoms. The number of nitrogens with zero attached hydrogens (tertiary/aromatic N) is 3. The van der Waals surface area contributed by atoms with Gasteiger partial charge in [0.15, 0.2) is 0 Å². The molecule has 2 heterocycles. The fourth-order valence-corrected chi connectivity index (χ4v) is 4.90. The van der Waals surface area contributed by atoms with E-state index in [9.17, 15) is 14.0 Å². The number of anilines is 1. The highest BCUT2D eigenvalue weighted by Gasteiger charge is 2.25. The number of nitrogens with two attached hydrogens (primary N) is 1. The van der Waals surface area contributed by atoms with E-state index in [1.165, 1.54) is 74.3 Å². The second-order valence-electron chi connectivity index (χ2n) is 9.85. The highest BCUT2D eigenvalue weighted by molar-refractivity contribution is 6.34. The second kappa shape index (κ2) is 13.1. The summed E-state index contributed by atoms with van der Waals surface area (Å²) in [6.07, 6.45) is 7.84.